The number of ether oxygens (including phenoxy) is 2. The third-order valence-corrected chi connectivity index (χ3v) is 7.16. The number of carbonyl (C=O) groups excluding carboxylic acids is 1. The average Bonchev–Trinajstić information content (AvgIpc) is 3.06. The van der Waals surface area contributed by atoms with Gasteiger partial charge in [0.05, 0.1) is 13.2 Å². The van der Waals surface area contributed by atoms with Crippen LogP contribution in [0.2, 0.25) is 0 Å². The summed E-state index contributed by atoms with van der Waals surface area (Å²) in [6.45, 7) is 5.06. The molecule has 4 heteroatoms. The normalized spacial score (nSPS) is 13.5. The van der Waals surface area contributed by atoms with Crippen LogP contribution in [0.1, 0.15) is 136 Å². The summed E-state index contributed by atoms with van der Waals surface area (Å²) in [5, 5.41) is 9.55. The maximum atomic E-state index is 12.1. The number of hydrogen-bond acceptors (Lipinski definition) is 4. The van der Waals surface area contributed by atoms with E-state index >= 15 is 0 Å². The summed E-state index contributed by atoms with van der Waals surface area (Å²) in [6, 6.07) is 0. The molecule has 0 fully saturated rings. The zero-order valence-electron chi connectivity index (χ0n) is 29.5. The first-order valence-electron chi connectivity index (χ1n) is 18.3. The van der Waals surface area contributed by atoms with Crippen molar-refractivity contribution in [3.8, 4) is 0 Å². The van der Waals surface area contributed by atoms with Crippen molar-refractivity contribution in [3.63, 3.8) is 0 Å². The van der Waals surface area contributed by atoms with Gasteiger partial charge in [0.2, 0.25) is 0 Å². The van der Waals surface area contributed by atoms with Gasteiger partial charge >= 0.3 is 5.97 Å². The van der Waals surface area contributed by atoms with Crippen LogP contribution < -0.4 is 0 Å². The highest BCUT2D eigenvalue weighted by atomic mass is 16.6. The first kappa shape index (κ1) is 43.3. The van der Waals surface area contributed by atoms with Crippen LogP contribution >= 0.6 is 0 Å². The molecule has 0 saturated heterocycles. The lowest BCUT2D eigenvalue weighted by Gasteiger charge is -2.15. The highest BCUT2D eigenvalue weighted by Gasteiger charge is 2.13. The van der Waals surface area contributed by atoms with Crippen molar-refractivity contribution >= 4 is 5.97 Å². The van der Waals surface area contributed by atoms with E-state index in [1.807, 2.05) is 6.08 Å². The molecule has 0 bridgehead atoms. The molecule has 0 spiro atoms. The van der Waals surface area contributed by atoms with Crippen molar-refractivity contribution in [3.05, 3.63) is 97.2 Å². The predicted octanol–water partition coefficient (Wildman–Crippen LogP) is 11.8. The van der Waals surface area contributed by atoms with Gasteiger partial charge in [-0.3, -0.25) is 4.79 Å². The van der Waals surface area contributed by atoms with E-state index in [0.29, 0.717) is 19.4 Å². The quantitative estimate of drug-likeness (QED) is 0.0453. The second kappa shape index (κ2) is 38.5. The number of allylic oxidation sites excluding steroid dienone is 16. The molecular weight excluding hydrogens is 568 g/mol. The molecule has 0 saturated carbocycles. The molecule has 0 amide bonds. The number of hydrogen-bond donors (Lipinski definition) is 1. The molecule has 1 atom stereocenters. The molecule has 4 nitrogen and oxygen atoms in total. The van der Waals surface area contributed by atoms with Gasteiger partial charge in [-0.1, -0.05) is 150 Å². The SMILES string of the molecule is CC/C=C\C/C=C\C/C=C\C/C=C\C/C=C\C/C=C\CCC(=O)OC(CO)COCCCCCCCC/C=C\C/C=C\CCCC. The molecule has 0 radical (unpaired) electrons. The molecule has 0 heterocycles. The lowest BCUT2D eigenvalue weighted by atomic mass is 10.1. The molecule has 0 rings (SSSR count). The molecule has 0 aromatic carbocycles. The van der Waals surface area contributed by atoms with E-state index in [4.69, 9.17) is 9.47 Å². The van der Waals surface area contributed by atoms with Crippen molar-refractivity contribution in [2.24, 2.45) is 0 Å². The van der Waals surface area contributed by atoms with Crippen LogP contribution in [0.5, 0.6) is 0 Å². The van der Waals surface area contributed by atoms with Crippen LogP contribution in [0, 0.1) is 0 Å². The number of rotatable bonds is 32. The number of carbonyl (C=O) groups is 1. The van der Waals surface area contributed by atoms with Crippen molar-refractivity contribution < 1.29 is 19.4 Å². The Morgan fingerprint density at radius 2 is 0.978 bits per heavy atom. The van der Waals surface area contributed by atoms with Gasteiger partial charge in [0.1, 0.15) is 6.10 Å². The minimum atomic E-state index is -0.585. The minimum Gasteiger partial charge on any atom is -0.457 e. The van der Waals surface area contributed by atoms with Crippen LogP contribution in [0.25, 0.3) is 0 Å². The molecule has 260 valence electrons. The maximum Gasteiger partial charge on any atom is 0.306 e. The fraction of sp³-hybridized carbons (Fsp3) is 0.595. The summed E-state index contributed by atoms with van der Waals surface area (Å²) in [5.74, 6) is -0.291. The highest BCUT2D eigenvalue weighted by molar-refractivity contribution is 5.69. The van der Waals surface area contributed by atoms with Crippen LogP contribution in [-0.2, 0) is 14.3 Å². The number of aliphatic hydroxyl groups excluding tert-OH is 1. The van der Waals surface area contributed by atoms with Crippen molar-refractivity contribution in [1.82, 2.24) is 0 Å². The zero-order chi connectivity index (χ0) is 33.4. The predicted molar refractivity (Wildman–Crippen MR) is 200 cm³/mol. The molecule has 1 unspecified atom stereocenters. The van der Waals surface area contributed by atoms with Crippen LogP contribution in [-0.4, -0.2) is 37.0 Å². The lowest BCUT2D eigenvalue weighted by molar-refractivity contribution is -0.154. The Morgan fingerprint density at radius 1 is 0.543 bits per heavy atom. The van der Waals surface area contributed by atoms with E-state index in [9.17, 15) is 9.90 Å². The van der Waals surface area contributed by atoms with E-state index in [2.05, 4.69) is 105 Å². The van der Waals surface area contributed by atoms with E-state index in [1.54, 1.807) is 0 Å². The standard InChI is InChI=1S/C42H68O4/c1-3-5-7-9-11-13-15-17-19-20-21-22-23-25-27-29-31-33-35-37-42(44)46-41(39-43)40-45-38-36-34-32-30-28-26-24-18-16-14-12-10-8-6-4-2/h5,7,10-13,16-19,21-22,25,27,31,33,41,43H,3-4,6,8-9,14-15,20,23-24,26,28-30,32,34-40H2,1-2H3/b7-5-,12-10-,13-11-,18-16-,19-17-,22-21-,27-25-,33-31-. The molecular formula is C42H68O4. The molecule has 0 aliphatic heterocycles. The Bertz CT molecular complexity index is 887. The largest absolute Gasteiger partial charge is 0.457 e. The summed E-state index contributed by atoms with van der Waals surface area (Å²) in [5.41, 5.74) is 0. The Hall–Kier alpha value is -2.69. The van der Waals surface area contributed by atoms with Crippen LogP contribution in [0.4, 0.5) is 0 Å². The summed E-state index contributed by atoms with van der Waals surface area (Å²) < 4.78 is 11.0. The van der Waals surface area contributed by atoms with Crippen molar-refractivity contribution in [1.29, 1.82) is 0 Å². The first-order chi connectivity index (χ1) is 22.7. The van der Waals surface area contributed by atoms with Gasteiger partial charge in [-0.2, -0.15) is 0 Å². The van der Waals surface area contributed by atoms with Gasteiger partial charge in [0.25, 0.3) is 0 Å². The van der Waals surface area contributed by atoms with Gasteiger partial charge in [-0.05, 0) is 77.0 Å². The fourth-order valence-corrected chi connectivity index (χ4v) is 4.43. The number of esters is 1. The topological polar surface area (TPSA) is 55.8 Å². The zero-order valence-corrected chi connectivity index (χ0v) is 29.5. The summed E-state index contributed by atoms with van der Waals surface area (Å²) in [6.07, 6.45) is 54.5. The van der Waals surface area contributed by atoms with Crippen LogP contribution in [0.15, 0.2) is 97.2 Å². The summed E-state index contributed by atoms with van der Waals surface area (Å²) >= 11 is 0. The average molecular weight is 637 g/mol. The lowest BCUT2D eigenvalue weighted by Crippen LogP contribution is -2.27. The van der Waals surface area contributed by atoms with E-state index in [0.717, 1.165) is 57.8 Å². The van der Waals surface area contributed by atoms with Gasteiger partial charge < -0.3 is 14.6 Å². The summed E-state index contributed by atoms with van der Waals surface area (Å²) in [7, 11) is 0. The Balaban J connectivity index is 3.66. The highest BCUT2D eigenvalue weighted by Crippen LogP contribution is 2.09. The van der Waals surface area contributed by atoms with Gasteiger partial charge in [0, 0.05) is 13.0 Å². The molecule has 0 aliphatic carbocycles. The second-order valence-electron chi connectivity index (χ2n) is 11.6. The third-order valence-electron chi connectivity index (χ3n) is 7.16. The maximum absolute atomic E-state index is 12.1. The van der Waals surface area contributed by atoms with Crippen molar-refractivity contribution in [2.45, 2.75) is 142 Å². The van der Waals surface area contributed by atoms with Gasteiger partial charge in [-0.15, -0.1) is 0 Å². The molecule has 0 aliphatic rings. The smallest absolute Gasteiger partial charge is 0.306 e. The van der Waals surface area contributed by atoms with Crippen LogP contribution in [0.3, 0.4) is 0 Å². The molecule has 1 N–H and O–H groups in total. The Kier molecular flexibility index (Phi) is 36.2. The van der Waals surface area contributed by atoms with Gasteiger partial charge in [0.15, 0.2) is 0 Å². The number of aliphatic hydroxyl groups is 1. The fourth-order valence-electron chi connectivity index (χ4n) is 4.43. The third kappa shape index (κ3) is 35.8. The second-order valence-corrected chi connectivity index (χ2v) is 11.6. The minimum absolute atomic E-state index is 0.213. The Morgan fingerprint density at radius 3 is 1.48 bits per heavy atom. The summed E-state index contributed by atoms with van der Waals surface area (Å²) in [4.78, 5) is 12.1. The van der Waals surface area contributed by atoms with Crippen molar-refractivity contribution in [2.75, 3.05) is 19.8 Å². The molecule has 0 aromatic heterocycles. The monoisotopic (exact) mass is 637 g/mol. The van der Waals surface area contributed by atoms with Gasteiger partial charge in [-0.25, -0.2) is 0 Å². The number of unbranched alkanes of at least 4 members (excludes halogenated alkanes) is 8. The van der Waals surface area contributed by atoms with E-state index in [1.165, 1.54) is 51.4 Å². The van der Waals surface area contributed by atoms with E-state index in [-0.39, 0.29) is 19.2 Å². The Labute approximate surface area is 283 Å². The first-order valence-corrected chi connectivity index (χ1v) is 18.3. The van der Waals surface area contributed by atoms with E-state index < -0.39 is 6.10 Å². The molecule has 0 aromatic rings. The molecule has 46 heavy (non-hydrogen) atoms.